The summed E-state index contributed by atoms with van der Waals surface area (Å²) >= 11 is 4.14. The van der Waals surface area contributed by atoms with Crippen LogP contribution in [0.15, 0.2) is 0 Å². The third-order valence-corrected chi connectivity index (χ3v) is 3.28. The van der Waals surface area contributed by atoms with Gasteiger partial charge in [-0.15, -0.1) is 0 Å². The van der Waals surface area contributed by atoms with Gasteiger partial charge in [-0.2, -0.15) is 12.6 Å². The summed E-state index contributed by atoms with van der Waals surface area (Å²) in [5.74, 6) is 0.700. The Morgan fingerprint density at radius 1 is 1.42 bits per heavy atom. The zero-order chi connectivity index (χ0) is 13.9. The lowest BCUT2D eigenvalue weighted by atomic mass is 10.2. The molecule has 1 fully saturated rings. The molecule has 1 rings (SSSR count). The zero-order valence-electron chi connectivity index (χ0n) is 12.2. The molecule has 1 saturated heterocycles. The van der Waals surface area contributed by atoms with Gasteiger partial charge in [0.2, 0.25) is 0 Å². The van der Waals surface area contributed by atoms with Crippen molar-refractivity contribution in [3.05, 3.63) is 0 Å². The normalized spacial score (nSPS) is 21.2. The number of ether oxygens (including phenoxy) is 2. The highest BCUT2D eigenvalue weighted by Crippen LogP contribution is 2.04. The van der Waals surface area contributed by atoms with Gasteiger partial charge in [-0.05, 0) is 0 Å². The maximum absolute atomic E-state index is 5.69. The lowest BCUT2D eigenvalue weighted by Crippen LogP contribution is -2.47. The Morgan fingerprint density at radius 3 is 3.00 bits per heavy atom. The van der Waals surface area contributed by atoms with Crippen LogP contribution in [-0.4, -0.2) is 75.5 Å². The van der Waals surface area contributed by atoms with E-state index < -0.39 is 0 Å². The molecule has 0 saturated carbocycles. The number of nitrogens with zero attached hydrogens (tertiary/aromatic N) is 1. The second kappa shape index (κ2) is 10.9. The highest BCUT2D eigenvalue weighted by Gasteiger charge is 2.19. The van der Waals surface area contributed by atoms with Gasteiger partial charge < -0.3 is 20.1 Å². The molecule has 1 atom stereocenters. The molecule has 6 heteroatoms. The Hall–Kier alpha value is 0.150. The summed E-state index contributed by atoms with van der Waals surface area (Å²) in [6, 6.07) is 0.530. The van der Waals surface area contributed by atoms with Gasteiger partial charge in [0.25, 0.3) is 0 Å². The van der Waals surface area contributed by atoms with E-state index in [2.05, 4.69) is 42.0 Å². The third-order valence-electron chi connectivity index (χ3n) is 3.06. The standard InChI is InChI=1S/C13H29N3O2S/c1-12(2)15-3-6-17-7-4-16-5-8-18-13(10-16)9-14-11-19/h12-15,19H,3-11H2,1-2H3. The average molecular weight is 291 g/mol. The van der Waals surface area contributed by atoms with Crippen molar-refractivity contribution in [2.75, 3.05) is 58.4 Å². The lowest BCUT2D eigenvalue weighted by Gasteiger charge is -2.32. The molecule has 2 N–H and O–H groups in total. The second-order valence-corrected chi connectivity index (χ2v) is 5.44. The topological polar surface area (TPSA) is 45.8 Å². The fourth-order valence-electron chi connectivity index (χ4n) is 2.05. The van der Waals surface area contributed by atoms with Gasteiger partial charge in [-0.1, -0.05) is 13.8 Å². The predicted molar refractivity (Wildman–Crippen MR) is 82.0 cm³/mol. The second-order valence-electron chi connectivity index (χ2n) is 5.13. The molecule has 1 aliphatic heterocycles. The minimum atomic E-state index is 0.281. The molecule has 0 radical (unpaired) electrons. The van der Waals surface area contributed by atoms with Crippen LogP contribution in [0.5, 0.6) is 0 Å². The zero-order valence-corrected chi connectivity index (χ0v) is 13.1. The monoisotopic (exact) mass is 291 g/mol. The minimum Gasteiger partial charge on any atom is -0.379 e. The van der Waals surface area contributed by atoms with Crippen LogP contribution >= 0.6 is 12.6 Å². The molecule has 1 aliphatic rings. The summed E-state index contributed by atoms with van der Waals surface area (Å²) in [7, 11) is 0. The fourth-order valence-corrected chi connectivity index (χ4v) is 2.18. The molecule has 5 nitrogen and oxygen atoms in total. The van der Waals surface area contributed by atoms with E-state index in [-0.39, 0.29) is 6.10 Å². The first-order valence-corrected chi connectivity index (χ1v) is 7.82. The first-order chi connectivity index (χ1) is 9.22. The number of nitrogens with one attached hydrogen (secondary N) is 2. The van der Waals surface area contributed by atoms with Gasteiger partial charge in [-0.25, -0.2) is 0 Å². The van der Waals surface area contributed by atoms with Gasteiger partial charge in [-0.3, -0.25) is 4.90 Å². The van der Waals surface area contributed by atoms with Gasteiger partial charge in [0.05, 0.1) is 25.9 Å². The average Bonchev–Trinajstić information content (AvgIpc) is 2.40. The number of thiol groups is 1. The van der Waals surface area contributed by atoms with Gasteiger partial charge in [0, 0.05) is 44.6 Å². The summed E-state index contributed by atoms with van der Waals surface area (Å²) < 4.78 is 11.3. The number of hydrogen-bond acceptors (Lipinski definition) is 6. The van der Waals surface area contributed by atoms with Crippen molar-refractivity contribution in [2.24, 2.45) is 0 Å². The molecule has 0 amide bonds. The highest BCUT2D eigenvalue weighted by atomic mass is 32.1. The third kappa shape index (κ3) is 8.83. The Kier molecular flexibility index (Phi) is 9.85. The van der Waals surface area contributed by atoms with E-state index in [4.69, 9.17) is 9.47 Å². The molecule has 0 aromatic rings. The quantitative estimate of drug-likeness (QED) is 0.304. The Bertz CT molecular complexity index is 220. The van der Waals surface area contributed by atoms with Crippen molar-refractivity contribution in [1.29, 1.82) is 0 Å². The van der Waals surface area contributed by atoms with E-state index >= 15 is 0 Å². The fraction of sp³-hybridized carbons (Fsp3) is 1.00. The number of morpholine rings is 1. The van der Waals surface area contributed by atoms with Gasteiger partial charge in [0.15, 0.2) is 0 Å². The van der Waals surface area contributed by atoms with E-state index in [9.17, 15) is 0 Å². The van der Waals surface area contributed by atoms with E-state index in [0.29, 0.717) is 11.9 Å². The predicted octanol–water partition coefficient (Wildman–Crippen LogP) is 0.179. The van der Waals surface area contributed by atoms with Crippen LogP contribution in [-0.2, 0) is 9.47 Å². The first kappa shape index (κ1) is 17.2. The molecule has 0 spiro atoms. The van der Waals surface area contributed by atoms with Gasteiger partial charge in [0.1, 0.15) is 0 Å². The van der Waals surface area contributed by atoms with Crippen molar-refractivity contribution < 1.29 is 9.47 Å². The van der Waals surface area contributed by atoms with Crippen molar-refractivity contribution in [3.8, 4) is 0 Å². The Labute approximate surface area is 122 Å². The van der Waals surface area contributed by atoms with Crippen LogP contribution < -0.4 is 10.6 Å². The maximum atomic E-state index is 5.69. The van der Waals surface area contributed by atoms with Crippen LogP contribution in [0.2, 0.25) is 0 Å². The van der Waals surface area contributed by atoms with Gasteiger partial charge >= 0.3 is 0 Å². The van der Waals surface area contributed by atoms with E-state index in [1.165, 1.54) is 0 Å². The molecule has 0 bridgehead atoms. The van der Waals surface area contributed by atoms with Crippen LogP contribution in [0.4, 0.5) is 0 Å². The molecule has 114 valence electrons. The van der Waals surface area contributed by atoms with E-state index in [1.54, 1.807) is 0 Å². The first-order valence-electron chi connectivity index (χ1n) is 7.19. The Morgan fingerprint density at radius 2 is 2.26 bits per heavy atom. The summed E-state index contributed by atoms with van der Waals surface area (Å²) in [6.07, 6.45) is 0.281. The number of hydrogen-bond donors (Lipinski definition) is 3. The summed E-state index contributed by atoms with van der Waals surface area (Å²) in [5.41, 5.74) is 0. The smallest absolute Gasteiger partial charge is 0.0827 e. The van der Waals surface area contributed by atoms with Crippen molar-refractivity contribution in [2.45, 2.75) is 26.0 Å². The molecule has 0 aromatic carbocycles. The minimum absolute atomic E-state index is 0.281. The van der Waals surface area contributed by atoms with E-state index in [1.807, 2.05) is 0 Å². The Balaban J connectivity index is 1.99. The molecule has 1 heterocycles. The lowest BCUT2D eigenvalue weighted by molar-refractivity contribution is -0.0341. The van der Waals surface area contributed by atoms with Crippen LogP contribution in [0, 0.1) is 0 Å². The highest BCUT2D eigenvalue weighted by molar-refractivity contribution is 7.80. The van der Waals surface area contributed by atoms with Crippen LogP contribution in [0.1, 0.15) is 13.8 Å². The number of rotatable bonds is 10. The van der Waals surface area contributed by atoms with E-state index in [0.717, 1.165) is 52.5 Å². The van der Waals surface area contributed by atoms with Crippen molar-refractivity contribution in [3.63, 3.8) is 0 Å². The summed E-state index contributed by atoms with van der Waals surface area (Å²) in [6.45, 7) is 11.5. The van der Waals surface area contributed by atoms with Crippen LogP contribution in [0.25, 0.3) is 0 Å². The maximum Gasteiger partial charge on any atom is 0.0827 e. The molecule has 1 unspecified atom stereocenters. The summed E-state index contributed by atoms with van der Waals surface area (Å²) in [4.78, 5) is 2.41. The van der Waals surface area contributed by atoms with Crippen molar-refractivity contribution in [1.82, 2.24) is 15.5 Å². The summed E-state index contributed by atoms with van der Waals surface area (Å²) in [5, 5.41) is 6.55. The SMILES string of the molecule is CC(C)NCCOCCN1CCOC(CNCS)C1. The van der Waals surface area contributed by atoms with Crippen LogP contribution in [0.3, 0.4) is 0 Å². The largest absolute Gasteiger partial charge is 0.379 e. The molecule has 19 heavy (non-hydrogen) atoms. The molecule has 0 aliphatic carbocycles. The molecular formula is C13H29N3O2S. The molecule has 0 aromatic heterocycles. The van der Waals surface area contributed by atoms with Crippen molar-refractivity contribution >= 4 is 12.6 Å². The molecular weight excluding hydrogens is 262 g/mol.